The molecule has 0 saturated carbocycles. The lowest BCUT2D eigenvalue weighted by Gasteiger charge is -2.13. The molecule has 0 spiro atoms. The van der Waals surface area contributed by atoms with Crippen LogP contribution in [0.25, 0.3) is 0 Å². The second kappa shape index (κ2) is 5.55. The number of hydrogen-bond acceptors (Lipinski definition) is 4. The quantitative estimate of drug-likeness (QED) is 0.767. The standard InChI is InChI=1S/C12H16N6O2/c1-7-5-4-6-9(13-7)15-11(19)14-8(2)10-16-17-12(20)18(10)3/h4-6,8H,1-3H3,(H,17,20)(H2,13,14,15,19)/t8-/m0/s1. The summed E-state index contributed by atoms with van der Waals surface area (Å²) in [6.45, 7) is 3.57. The van der Waals surface area contributed by atoms with Crippen LogP contribution in [0.4, 0.5) is 10.6 Å². The molecule has 2 aromatic rings. The predicted octanol–water partition coefficient (Wildman–Crippen LogP) is 0.695. The maximum atomic E-state index is 11.8. The summed E-state index contributed by atoms with van der Waals surface area (Å²) in [5.41, 5.74) is 0.486. The Hall–Kier alpha value is -2.64. The number of nitrogens with zero attached hydrogens (tertiary/aromatic N) is 3. The molecular formula is C12H16N6O2. The van der Waals surface area contributed by atoms with Crippen LogP contribution in [0.1, 0.15) is 24.5 Å². The molecule has 0 bridgehead atoms. The lowest BCUT2D eigenvalue weighted by atomic mass is 10.3. The SMILES string of the molecule is Cc1cccc(NC(=O)N[C@@H](C)c2n[nH]c(=O)n2C)n1. The van der Waals surface area contributed by atoms with Crippen molar-refractivity contribution in [1.82, 2.24) is 25.1 Å². The maximum Gasteiger partial charge on any atom is 0.343 e. The van der Waals surface area contributed by atoms with E-state index >= 15 is 0 Å². The Morgan fingerprint density at radius 1 is 1.45 bits per heavy atom. The normalized spacial score (nSPS) is 11.9. The third kappa shape index (κ3) is 3.02. The summed E-state index contributed by atoms with van der Waals surface area (Å²) in [4.78, 5) is 27.3. The topological polar surface area (TPSA) is 105 Å². The number of hydrogen-bond donors (Lipinski definition) is 3. The van der Waals surface area contributed by atoms with Gasteiger partial charge in [0.15, 0.2) is 5.82 Å². The van der Waals surface area contributed by atoms with E-state index in [0.29, 0.717) is 11.6 Å². The first kappa shape index (κ1) is 13.8. The molecule has 0 aliphatic heterocycles. The molecule has 0 aliphatic carbocycles. The van der Waals surface area contributed by atoms with Crippen LogP contribution in [-0.4, -0.2) is 25.8 Å². The molecule has 0 unspecified atom stereocenters. The highest BCUT2D eigenvalue weighted by Gasteiger charge is 2.15. The van der Waals surface area contributed by atoms with Crippen LogP contribution in [0.5, 0.6) is 0 Å². The van der Waals surface area contributed by atoms with Crippen LogP contribution in [0.3, 0.4) is 0 Å². The minimum Gasteiger partial charge on any atom is -0.328 e. The predicted molar refractivity (Wildman–Crippen MR) is 73.4 cm³/mol. The number of pyridine rings is 1. The first-order valence-electron chi connectivity index (χ1n) is 6.10. The Morgan fingerprint density at radius 3 is 2.80 bits per heavy atom. The Labute approximate surface area is 115 Å². The minimum atomic E-state index is -0.413. The van der Waals surface area contributed by atoms with Gasteiger partial charge in [0, 0.05) is 12.7 Å². The van der Waals surface area contributed by atoms with Crippen molar-refractivity contribution in [3.8, 4) is 0 Å². The third-order valence-electron chi connectivity index (χ3n) is 2.78. The average molecular weight is 276 g/mol. The molecule has 1 atom stereocenters. The van der Waals surface area contributed by atoms with E-state index in [4.69, 9.17) is 0 Å². The first-order chi connectivity index (χ1) is 9.47. The Balaban J connectivity index is 2.01. The summed E-state index contributed by atoms with van der Waals surface area (Å²) >= 11 is 0. The fourth-order valence-corrected chi connectivity index (χ4v) is 1.77. The number of aryl methyl sites for hydroxylation is 1. The second-order valence-electron chi connectivity index (χ2n) is 4.43. The highest BCUT2D eigenvalue weighted by Crippen LogP contribution is 2.07. The summed E-state index contributed by atoms with van der Waals surface area (Å²) < 4.78 is 1.34. The minimum absolute atomic E-state index is 0.325. The molecule has 0 aromatic carbocycles. The van der Waals surface area contributed by atoms with E-state index in [1.54, 1.807) is 26.1 Å². The molecule has 0 radical (unpaired) electrons. The summed E-state index contributed by atoms with van der Waals surface area (Å²) in [5.74, 6) is 0.910. The Kier molecular flexibility index (Phi) is 3.83. The van der Waals surface area contributed by atoms with Crippen molar-refractivity contribution >= 4 is 11.8 Å². The van der Waals surface area contributed by atoms with Crippen molar-refractivity contribution in [2.75, 3.05) is 5.32 Å². The number of rotatable bonds is 3. The van der Waals surface area contributed by atoms with Crippen LogP contribution in [-0.2, 0) is 7.05 Å². The van der Waals surface area contributed by atoms with E-state index in [-0.39, 0.29) is 5.69 Å². The monoisotopic (exact) mass is 276 g/mol. The molecule has 2 amide bonds. The van der Waals surface area contributed by atoms with Crippen LogP contribution < -0.4 is 16.3 Å². The van der Waals surface area contributed by atoms with Crippen molar-refractivity contribution in [2.24, 2.45) is 7.05 Å². The van der Waals surface area contributed by atoms with Crippen molar-refractivity contribution in [3.63, 3.8) is 0 Å². The van der Waals surface area contributed by atoms with Crippen LogP contribution in [0.2, 0.25) is 0 Å². The van der Waals surface area contributed by atoms with Crippen molar-refractivity contribution in [3.05, 3.63) is 40.2 Å². The number of urea groups is 1. The van der Waals surface area contributed by atoms with Gasteiger partial charge in [-0.25, -0.2) is 19.7 Å². The van der Waals surface area contributed by atoms with Gasteiger partial charge >= 0.3 is 11.7 Å². The molecule has 0 fully saturated rings. The molecule has 8 heteroatoms. The highest BCUT2D eigenvalue weighted by molar-refractivity contribution is 5.88. The number of nitrogens with one attached hydrogen (secondary N) is 3. The number of H-pyrrole nitrogens is 1. The second-order valence-corrected chi connectivity index (χ2v) is 4.43. The molecule has 2 rings (SSSR count). The molecule has 106 valence electrons. The lowest BCUT2D eigenvalue weighted by molar-refractivity contribution is 0.248. The van der Waals surface area contributed by atoms with E-state index in [1.807, 2.05) is 13.0 Å². The number of anilines is 1. The molecule has 0 saturated heterocycles. The van der Waals surface area contributed by atoms with Gasteiger partial charge in [0.25, 0.3) is 0 Å². The van der Waals surface area contributed by atoms with E-state index in [9.17, 15) is 9.59 Å². The maximum absolute atomic E-state index is 11.8. The summed E-state index contributed by atoms with van der Waals surface area (Å²) in [6, 6.07) is 4.51. The van der Waals surface area contributed by atoms with Crippen LogP contribution in [0.15, 0.2) is 23.0 Å². The Bertz CT molecular complexity index is 675. The fourth-order valence-electron chi connectivity index (χ4n) is 1.77. The number of aromatic nitrogens is 4. The molecule has 0 aliphatic rings. The molecule has 20 heavy (non-hydrogen) atoms. The van der Waals surface area contributed by atoms with Crippen LogP contribution >= 0.6 is 0 Å². The van der Waals surface area contributed by atoms with Gasteiger partial charge in [0.2, 0.25) is 0 Å². The van der Waals surface area contributed by atoms with Crippen LogP contribution in [0, 0.1) is 6.92 Å². The van der Waals surface area contributed by atoms with E-state index in [0.717, 1.165) is 5.69 Å². The average Bonchev–Trinajstić information content (AvgIpc) is 2.69. The molecule has 2 heterocycles. The van der Waals surface area contributed by atoms with Gasteiger partial charge in [-0.15, -0.1) is 0 Å². The highest BCUT2D eigenvalue weighted by atomic mass is 16.2. The fraction of sp³-hybridized carbons (Fsp3) is 0.333. The molecular weight excluding hydrogens is 260 g/mol. The Morgan fingerprint density at radius 2 is 2.20 bits per heavy atom. The summed E-state index contributed by atoms with van der Waals surface area (Å²) in [5, 5.41) is 11.5. The molecule has 8 nitrogen and oxygen atoms in total. The molecule has 2 aromatic heterocycles. The third-order valence-corrected chi connectivity index (χ3v) is 2.78. The van der Waals surface area contributed by atoms with Gasteiger partial charge in [-0.1, -0.05) is 6.07 Å². The van der Waals surface area contributed by atoms with Gasteiger partial charge < -0.3 is 5.32 Å². The van der Waals surface area contributed by atoms with E-state index < -0.39 is 12.1 Å². The smallest absolute Gasteiger partial charge is 0.328 e. The van der Waals surface area contributed by atoms with E-state index in [2.05, 4.69) is 25.8 Å². The van der Waals surface area contributed by atoms with Gasteiger partial charge in [-0.2, -0.15) is 5.10 Å². The number of carbonyl (C=O) groups is 1. The molecule has 3 N–H and O–H groups in total. The zero-order valence-electron chi connectivity index (χ0n) is 11.5. The number of aromatic amines is 1. The van der Waals surface area contributed by atoms with Gasteiger partial charge in [-0.3, -0.25) is 9.88 Å². The van der Waals surface area contributed by atoms with Crippen molar-refractivity contribution < 1.29 is 4.79 Å². The van der Waals surface area contributed by atoms with Crippen molar-refractivity contribution in [1.29, 1.82) is 0 Å². The van der Waals surface area contributed by atoms with E-state index in [1.165, 1.54) is 4.57 Å². The number of carbonyl (C=O) groups excluding carboxylic acids is 1. The summed E-state index contributed by atoms with van der Waals surface area (Å²) in [7, 11) is 1.58. The lowest BCUT2D eigenvalue weighted by Crippen LogP contribution is -2.33. The largest absolute Gasteiger partial charge is 0.343 e. The number of amides is 2. The first-order valence-corrected chi connectivity index (χ1v) is 6.10. The van der Waals surface area contributed by atoms with Gasteiger partial charge in [0.05, 0.1) is 6.04 Å². The van der Waals surface area contributed by atoms with Gasteiger partial charge in [-0.05, 0) is 26.0 Å². The van der Waals surface area contributed by atoms with Crippen molar-refractivity contribution in [2.45, 2.75) is 19.9 Å². The summed E-state index contributed by atoms with van der Waals surface area (Å²) in [6.07, 6.45) is 0. The zero-order valence-corrected chi connectivity index (χ0v) is 11.5. The van der Waals surface area contributed by atoms with Gasteiger partial charge in [0.1, 0.15) is 5.82 Å². The zero-order chi connectivity index (χ0) is 14.7.